The average Bonchev–Trinajstić information content (AvgIpc) is 2.35. The Bertz CT molecular complexity index is 432. The van der Waals surface area contributed by atoms with Crippen LogP contribution in [0.3, 0.4) is 0 Å². The van der Waals surface area contributed by atoms with E-state index in [1.165, 1.54) is 12.0 Å². The highest BCUT2D eigenvalue weighted by Crippen LogP contribution is 2.29. The Labute approximate surface area is 134 Å². The van der Waals surface area contributed by atoms with Gasteiger partial charge in [0.1, 0.15) is 12.0 Å². The highest BCUT2D eigenvalue weighted by atomic mass is 16.5. The summed E-state index contributed by atoms with van der Waals surface area (Å²) in [5, 5.41) is 8.84. The molecule has 1 unspecified atom stereocenters. The van der Waals surface area contributed by atoms with E-state index in [9.17, 15) is 9.59 Å². The van der Waals surface area contributed by atoms with Gasteiger partial charge in [0.15, 0.2) is 0 Å². The summed E-state index contributed by atoms with van der Waals surface area (Å²) >= 11 is 0. The summed E-state index contributed by atoms with van der Waals surface area (Å²) in [6.07, 6.45) is 1.02. The molecule has 1 amide bonds. The van der Waals surface area contributed by atoms with Crippen LogP contribution in [0.4, 0.5) is 0 Å². The van der Waals surface area contributed by atoms with Gasteiger partial charge in [-0.2, -0.15) is 5.26 Å². The fraction of sp³-hybridized carbons (Fsp3) is 0.824. The van der Waals surface area contributed by atoms with Crippen LogP contribution >= 0.6 is 0 Å². The molecule has 0 spiro atoms. The summed E-state index contributed by atoms with van der Waals surface area (Å²) < 4.78 is 4.94. The summed E-state index contributed by atoms with van der Waals surface area (Å²) in [6, 6.07) is 1.88. The number of hydrogen-bond acceptors (Lipinski definition) is 4. The van der Waals surface area contributed by atoms with E-state index in [4.69, 9.17) is 10.00 Å². The first-order valence-corrected chi connectivity index (χ1v) is 7.73. The minimum atomic E-state index is -1.04. The minimum Gasteiger partial charge on any atom is -0.467 e. The van der Waals surface area contributed by atoms with Crippen molar-refractivity contribution < 1.29 is 14.3 Å². The van der Waals surface area contributed by atoms with E-state index in [0.29, 0.717) is 13.0 Å². The van der Waals surface area contributed by atoms with Gasteiger partial charge in [0.25, 0.3) is 0 Å². The Hall–Kier alpha value is -1.57. The van der Waals surface area contributed by atoms with Crippen LogP contribution in [0.2, 0.25) is 0 Å². The third kappa shape index (κ3) is 6.05. The lowest BCUT2D eigenvalue weighted by Gasteiger charge is -2.41. The lowest BCUT2D eigenvalue weighted by molar-refractivity contribution is -0.162. The van der Waals surface area contributed by atoms with Crippen LogP contribution < -0.4 is 0 Å². The van der Waals surface area contributed by atoms with Crippen LogP contribution in [0, 0.1) is 22.7 Å². The van der Waals surface area contributed by atoms with Gasteiger partial charge in [-0.15, -0.1) is 0 Å². The van der Waals surface area contributed by atoms with Crippen molar-refractivity contribution in [3.63, 3.8) is 0 Å². The van der Waals surface area contributed by atoms with Gasteiger partial charge in [0, 0.05) is 6.54 Å². The number of rotatable bonds is 7. The highest BCUT2D eigenvalue weighted by Gasteiger charge is 2.43. The fourth-order valence-corrected chi connectivity index (χ4v) is 2.58. The van der Waals surface area contributed by atoms with Crippen molar-refractivity contribution in [1.29, 1.82) is 5.26 Å². The highest BCUT2D eigenvalue weighted by molar-refractivity contribution is 5.88. The first kappa shape index (κ1) is 20.4. The normalized spacial score (nSPS) is 14.1. The summed E-state index contributed by atoms with van der Waals surface area (Å²) in [5.74, 6) is -0.530. The molecule has 126 valence electrons. The smallest absolute Gasteiger partial charge is 0.331 e. The molecular formula is C17H30N2O3. The average molecular weight is 310 g/mol. The van der Waals surface area contributed by atoms with Crippen LogP contribution in [0.5, 0.6) is 0 Å². The quantitative estimate of drug-likeness (QED) is 0.677. The lowest BCUT2D eigenvalue weighted by atomic mass is 9.86. The summed E-state index contributed by atoms with van der Waals surface area (Å²) in [7, 11) is 1.33. The van der Waals surface area contributed by atoms with Crippen molar-refractivity contribution in [3.05, 3.63) is 0 Å². The van der Waals surface area contributed by atoms with Crippen LogP contribution in [0.15, 0.2) is 0 Å². The molecule has 1 atom stereocenters. The van der Waals surface area contributed by atoms with E-state index in [-0.39, 0.29) is 23.7 Å². The predicted octanol–water partition coefficient (Wildman–Crippen LogP) is 3.14. The molecule has 0 saturated heterocycles. The Morgan fingerprint density at radius 1 is 1.23 bits per heavy atom. The second-order valence-corrected chi connectivity index (χ2v) is 7.55. The molecule has 0 aliphatic heterocycles. The fourth-order valence-electron chi connectivity index (χ4n) is 2.58. The molecule has 0 fully saturated rings. The van der Waals surface area contributed by atoms with E-state index < -0.39 is 11.5 Å². The number of carbonyl (C=O) groups excluding carboxylic acids is 2. The van der Waals surface area contributed by atoms with Crippen molar-refractivity contribution in [2.24, 2.45) is 11.3 Å². The topological polar surface area (TPSA) is 70.4 Å². The van der Waals surface area contributed by atoms with E-state index in [1.54, 1.807) is 6.92 Å². The molecule has 0 saturated carbocycles. The summed E-state index contributed by atoms with van der Waals surface area (Å²) in [5.41, 5.74) is -1.01. The Morgan fingerprint density at radius 2 is 1.77 bits per heavy atom. The van der Waals surface area contributed by atoms with Crippen molar-refractivity contribution >= 4 is 11.9 Å². The molecular weight excluding hydrogens is 280 g/mol. The minimum absolute atomic E-state index is 0.0278. The second-order valence-electron chi connectivity index (χ2n) is 7.55. The number of methoxy groups -OCH3 is 1. The number of nitriles is 1. The van der Waals surface area contributed by atoms with Crippen LogP contribution in [0.1, 0.15) is 60.8 Å². The molecule has 0 aromatic heterocycles. The molecule has 0 N–H and O–H groups in total. The summed E-state index contributed by atoms with van der Waals surface area (Å²) in [6.45, 7) is 12.4. The van der Waals surface area contributed by atoms with Crippen LogP contribution in [0.25, 0.3) is 0 Å². The maximum absolute atomic E-state index is 12.4. The number of esters is 1. The molecule has 0 aliphatic rings. The predicted molar refractivity (Wildman–Crippen MR) is 85.9 cm³/mol. The maximum Gasteiger partial charge on any atom is 0.331 e. The van der Waals surface area contributed by atoms with Gasteiger partial charge in [-0.1, -0.05) is 34.6 Å². The monoisotopic (exact) mass is 310 g/mol. The molecule has 22 heavy (non-hydrogen) atoms. The van der Waals surface area contributed by atoms with Crippen LogP contribution in [-0.4, -0.2) is 36.0 Å². The van der Waals surface area contributed by atoms with Crippen molar-refractivity contribution in [2.45, 2.75) is 66.3 Å². The number of carbonyl (C=O) groups is 2. The van der Waals surface area contributed by atoms with E-state index >= 15 is 0 Å². The van der Waals surface area contributed by atoms with E-state index in [0.717, 1.165) is 6.42 Å². The molecule has 0 aromatic rings. The van der Waals surface area contributed by atoms with Crippen molar-refractivity contribution in [2.75, 3.05) is 13.7 Å². The molecule has 5 heteroatoms. The molecule has 0 bridgehead atoms. The maximum atomic E-state index is 12.4. The summed E-state index contributed by atoms with van der Waals surface area (Å²) in [4.78, 5) is 26.3. The zero-order valence-electron chi connectivity index (χ0n) is 15.0. The Morgan fingerprint density at radius 3 is 2.14 bits per heavy atom. The lowest BCUT2D eigenvalue weighted by Crippen LogP contribution is -2.56. The number of amides is 1. The van der Waals surface area contributed by atoms with Gasteiger partial charge < -0.3 is 9.64 Å². The van der Waals surface area contributed by atoms with Gasteiger partial charge in [0.05, 0.1) is 13.2 Å². The third-order valence-electron chi connectivity index (χ3n) is 3.64. The standard InChI is InChI=1S/C17H30N2O3/c1-13(2)12-17(6,15(21)22-7)19(14(20)8-10-18)11-9-16(3,4)5/h13H,8-9,11-12H2,1-7H3. The van der Waals surface area contributed by atoms with Crippen molar-refractivity contribution in [1.82, 2.24) is 4.90 Å². The van der Waals surface area contributed by atoms with Crippen LogP contribution in [-0.2, 0) is 14.3 Å². The van der Waals surface area contributed by atoms with E-state index in [2.05, 4.69) is 20.8 Å². The molecule has 0 radical (unpaired) electrons. The van der Waals surface area contributed by atoms with E-state index in [1.807, 2.05) is 19.9 Å². The molecule has 0 heterocycles. The molecule has 0 aliphatic carbocycles. The molecule has 5 nitrogen and oxygen atoms in total. The first-order chi connectivity index (χ1) is 9.97. The Balaban J connectivity index is 5.59. The zero-order chi connectivity index (χ0) is 17.6. The van der Waals surface area contributed by atoms with Gasteiger partial charge in [-0.25, -0.2) is 4.79 Å². The molecule has 0 aromatic carbocycles. The molecule has 0 rings (SSSR count). The van der Waals surface area contributed by atoms with Gasteiger partial charge in [-0.05, 0) is 31.1 Å². The first-order valence-electron chi connectivity index (χ1n) is 7.73. The second kappa shape index (κ2) is 8.17. The number of ether oxygens (including phenoxy) is 1. The Kier molecular flexibility index (Phi) is 7.58. The van der Waals surface area contributed by atoms with Gasteiger partial charge >= 0.3 is 5.97 Å². The van der Waals surface area contributed by atoms with Gasteiger partial charge in [0.2, 0.25) is 5.91 Å². The largest absolute Gasteiger partial charge is 0.467 e. The number of hydrogen-bond donors (Lipinski definition) is 0. The van der Waals surface area contributed by atoms with Crippen molar-refractivity contribution in [3.8, 4) is 6.07 Å². The zero-order valence-corrected chi connectivity index (χ0v) is 15.0. The number of nitrogens with zero attached hydrogens (tertiary/aromatic N) is 2. The SMILES string of the molecule is COC(=O)C(C)(CC(C)C)N(CCC(C)(C)C)C(=O)CC#N. The van der Waals surface area contributed by atoms with Gasteiger partial charge in [-0.3, -0.25) is 4.79 Å². The third-order valence-corrected chi connectivity index (χ3v) is 3.64.